The molecular weight excluding hydrogens is 404 g/mol. The second-order valence-corrected chi connectivity index (χ2v) is 12.3. The van der Waals surface area contributed by atoms with Crippen LogP contribution in [0.25, 0.3) is 0 Å². The Labute approximate surface area is 201 Å². The van der Waals surface area contributed by atoms with E-state index in [4.69, 9.17) is 18.9 Å². The molecule has 0 unspecified atom stereocenters. The number of nitrogens with one attached hydrogen (secondary N) is 1. The van der Waals surface area contributed by atoms with Gasteiger partial charge in [0.15, 0.2) is 0 Å². The van der Waals surface area contributed by atoms with Gasteiger partial charge in [0.2, 0.25) is 0 Å². The highest BCUT2D eigenvalue weighted by Gasteiger charge is 2.19. The molecule has 0 aliphatic rings. The van der Waals surface area contributed by atoms with Crippen molar-refractivity contribution in [1.82, 2.24) is 10.2 Å². The molecule has 0 bridgehead atoms. The van der Waals surface area contributed by atoms with Crippen LogP contribution < -0.4 is 5.32 Å². The monoisotopic (exact) mass is 462 g/mol. The molecule has 0 atom stereocenters. The van der Waals surface area contributed by atoms with Crippen molar-refractivity contribution in [3.8, 4) is 0 Å². The zero-order valence-corrected chi connectivity index (χ0v) is 24.2. The van der Waals surface area contributed by atoms with E-state index in [2.05, 4.69) is 114 Å². The predicted molar refractivity (Wildman–Crippen MR) is 137 cm³/mol. The van der Waals surface area contributed by atoms with E-state index in [-0.39, 0.29) is 35.0 Å². The van der Waals surface area contributed by atoms with Crippen LogP contribution in [-0.2, 0) is 18.9 Å². The Balaban J connectivity index is 0. The lowest BCUT2D eigenvalue weighted by Gasteiger charge is -2.32. The average molecular weight is 463 g/mol. The van der Waals surface area contributed by atoms with E-state index in [0.717, 1.165) is 0 Å². The summed E-state index contributed by atoms with van der Waals surface area (Å²) in [7, 11) is 0. The summed E-state index contributed by atoms with van der Waals surface area (Å²) >= 11 is 0. The molecule has 0 amide bonds. The Morgan fingerprint density at radius 3 is 1.19 bits per heavy atom. The summed E-state index contributed by atoms with van der Waals surface area (Å²) in [5.41, 5.74) is -0.116. The summed E-state index contributed by atoms with van der Waals surface area (Å²) in [5.74, 6) is 0. The lowest BCUT2D eigenvalue weighted by molar-refractivity contribution is -0.134. The summed E-state index contributed by atoms with van der Waals surface area (Å²) < 4.78 is 22.8. The number of hydrogen-bond donors (Lipinski definition) is 1. The van der Waals surface area contributed by atoms with Gasteiger partial charge in [-0.05, 0) is 104 Å². The Hall–Kier alpha value is -0.240. The summed E-state index contributed by atoms with van der Waals surface area (Å²) in [6.45, 7) is 34.0. The Morgan fingerprint density at radius 2 is 0.969 bits per heavy atom. The number of hydrogen-bond acceptors (Lipinski definition) is 6. The van der Waals surface area contributed by atoms with E-state index in [1.807, 2.05) is 0 Å². The van der Waals surface area contributed by atoms with Crippen LogP contribution in [0.2, 0.25) is 0 Å². The SMILES string of the molecule is CC(C)N(COC(C)(C)C)COC(C)(C)C.CC(C)OCC(COC(C)C)NC(C)(C)C. The maximum absolute atomic E-state index is 5.76. The number of nitrogens with zero attached hydrogens (tertiary/aromatic N) is 1. The van der Waals surface area contributed by atoms with Crippen LogP contribution in [0.3, 0.4) is 0 Å². The molecule has 0 radical (unpaired) electrons. The minimum Gasteiger partial charge on any atom is -0.377 e. The van der Waals surface area contributed by atoms with Crippen molar-refractivity contribution in [3.05, 3.63) is 0 Å². The maximum atomic E-state index is 5.76. The first-order chi connectivity index (χ1) is 14.2. The van der Waals surface area contributed by atoms with Crippen LogP contribution in [-0.4, -0.2) is 72.6 Å². The molecule has 0 rings (SSSR count). The van der Waals surface area contributed by atoms with Gasteiger partial charge in [-0.15, -0.1) is 0 Å². The zero-order chi connectivity index (χ0) is 25.8. The molecule has 0 aliphatic heterocycles. The first kappa shape index (κ1) is 33.9. The molecule has 0 aromatic rings. The van der Waals surface area contributed by atoms with Crippen molar-refractivity contribution in [1.29, 1.82) is 0 Å². The van der Waals surface area contributed by atoms with Crippen molar-refractivity contribution in [3.63, 3.8) is 0 Å². The van der Waals surface area contributed by atoms with Gasteiger partial charge in [0.05, 0.1) is 42.7 Å². The van der Waals surface area contributed by atoms with E-state index >= 15 is 0 Å². The maximum Gasteiger partial charge on any atom is 0.102 e. The molecule has 196 valence electrons. The van der Waals surface area contributed by atoms with Crippen LogP contribution in [0.5, 0.6) is 0 Å². The van der Waals surface area contributed by atoms with Gasteiger partial charge in [-0.25, -0.2) is 0 Å². The van der Waals surface area contributed by atoms with Gasteiger partial charge in [0.1, 0.15) is 13.5 Å². The Kier molecular flexibility index (Phi) is 16.6. The Morgan fingerprint density at radius 1 is 0.625 bits per heavy atom. The Bertz CT molecular complexity index is 416. The highest BCUT2D eigenvalue weighted by Crippen LogP contribution is 2.12. The fourth-order valence-electron chi connectivity index (χ4n) is 2.25. The molecule has 0 heterocycles. The van der Waals surface area contributed by atoms with Crippen molar-refractivity contribution in [2.24, 2.45) is 0 Å². The molecule has 1 N–H and O–H groups in total. The van der Waals surface area contributed by atoms with E-state index in [1.165, 1.54) is 0 Å². The first-order valence-electron chi connectivity index (χ1n) is 12.2. The fourth-order valence-corrected chi connectivity index (χ4v) is 2.25. The summed E-state index contributed by atoms with van der Waals surface area (Å²) in [4.78, 5) is 2.18. The van der Waals surface area contributed by atoms with Gasteiger partial charge in [-0.3, -0.25) is 4.90 Å². The second kappa shape index (κ2) is 15.6. The van der Waals surface area contributed by atoms with Crippen LogP contribution in [0.4, 0.5) is 0 Å². The average Bonchev–Trinajstić information content (AvgIpc) is 2.54. The van der Waals surface area contributed by atoms with Crippen molar-refractivity contribution >= 4 is 0 Å². The largest absolute Gasteiger partial charge is 0.377 e. The van der Waals surface area contributed by atoms with Crippen LogP contribution >= 0.6 is 0 Å². The molecular formula is C26H58N2O4. The fraction of sp³-hybridized carbons (Fsp3) is 1.00. The smallest absolute Gasteiger partial charge is 0.102 e. The van der Waals surface area contributed by atoms with Gasteiger partial charge in [-0.1, -0.05) is 0 Å². The van der Waals surface area contributed by atoms with E-state index < -0.39 is 0 Å². The summed E-state index contributed by atoms with van der Waals surface area (Å²) in [5, 5.41) is 3.52. The van der Waals surface area contributed by atoms with Gasteiger partial charge in [0.25, 0.3) is 0 Å². The normalized spacial score (nSPS) is 13.5. The van der Waals surface area contributed by atoms with Crippen LogP contribution in [0, 0.1) is 0 Å². The van der Waals surface area contributed by atoms with Crippen LogP contribution in [0.1, 0.15) is 104 Å². The molecule has 32 heavy (non-hydrogen) atoms. The van der Waals surface area contributed by atoms with E-state index in [9.17, 15) is 0 Å². The topological polar surface area (TPSA) is 52.2 Å². The third-order valence-electron chi connectivity index (χ3n) is 3.96. The zero-order valence-electron chi connectivity index (χ0n) is 24.2. The third-order valence-corrected chi connectivity index (χ3v) is 3.96. The molecule has 0 aromatic carbocycles. The quantitative estimate of drug-likeness (QED) is 0.368. The van der Waals surface area contributed by atoms with Gasteiger partial charge in [-0.2, -0.15) is 0 Å². The molecule has 6 heteroatoms. The first-order valence-corrected chi connectivity index (χ1v) is 12.2. The minimum absolute atomic E-state index is 0.0886. The lowest BCUT2D eigenvalue weighted by atomic mass is 10.1. The summed E-state index contributed by atoms with van der Waals surface area (Å²) in [6.07, 6.45) is 0.534. The molecule has 6 nitrogen and oxygen atoms in total. The second-order valence-electron chi connectivity index (χ2n) is 12.3. The number of ether oxygens (including phenoxy) is 4. The molecule has 0 saturated carbocycles. The van der Waals surface area contributed by atoms with Gasteiger partial charge < -0.3 is 24.3 Å². The number of rotatable bonds is 12. The standard InChI is InChI=1S/2C13H29NO2/c1-11(2)14(9-15-12(3,4)5)10-16-13(6,7)8;1-10(2)15-8-12(9-16-11(3)4)14-13(5,6)7/h11H,9-10H2,1-8H3;10-12,14H,8-9H2,1-7H3. The van der Waals surface area contributed by atoms with Crippen molar-refractivity contribution in [2.45, 2.75) is 145 Å². The molecule has 0 saturated heterocycles. The third kappa shape index (κ3) is 26.0. The van der Waals surface area contributed by atoms with E-state index in [1.54, 1.807) is 0 Å². The minimum atomic E-state index is -0.102. The van der Waals surface area contributed by atoms with Gasteiger partial charge in [0, 0.05) is 11.6 Å². The van der Waals surface area contributed by atoms with E-state index in [0.29, 0.717) is 32.7 Å². The lowest BCUT2D eigenvalue weighted by Crippen LogP contribution is -2.48. The highest BCUT2D eigenvalue weighted by molar-refractivity contribution is 4.78. The van der Waals surface area contributed by atoms with Gasteiger partial charge >= 0.3 is 0 Å². The predicted octanol–water partition coefficient (Wildman–Crippen LogP) is 5.84. The van der Waals surface area contributed by atoms with Crippen molar-refractivity contribution < 1.29 is 18.9 Å². The molecule has 0 spiro atoms. The highest BCUT2D eigenvalue weighted by atomic mass is 16.5. The molecule has 0 aromatic heterocycles. The van der Waals surface area contributed by atoms with Crippen LogP contribution in [0.15, 0.2) is 0 Å². The van der Waals surface area contributed by atoms with Crippen molar-refractivity contribution in [2.75, 3.05) is 26.7 Å². The molecule has 0 aliphatic carbocycles. The molecule has 0 fully saturated rings. The summed E-state index contributed by atoms with van der Waals surface area (Å²) in [6, 6.07) is 0.675.